The van der Waals surface area contributed by atoms with Crippen molar-refractivity contribution in [3.8, 4) is 5.75 Å². The number of nitrogens with one attached hydrogen (secondary N) is 1. The monoisotopic (exact) mass is 326 g/mol. The highest BCUT2D eigenvalue weighted by atomic mass is 16.5. The van der Waals surface area contributed by atoms with Gasteiger partial charge in [-0.25, -0.2) is 0 Å². The van der Waals surface area contributed by atoms with E-state index in [9.17, 15) is 4.79 Å². The zero-order valence-electron chi connectivity index (χ0n) is 13.6. The molecule has 2 heterocycles. The highest BCUT2D eigenvalue weighted by molar-refractivity contribution is 5.92. The van der Waals surface area contributed by atoms with Gasteiger partial charge in [-0.15, -0.1) is 0 Å². The van der Waals surface area contributed by atoms with E-state index in [1.807, 2.05) is 36.4 Å². The topological polar surface area (TPSA) is 60.5 Å². The maximum absolute atomic E-state index is 12.0. The number of aromatic nitrogens is 1. The van der Waals surface area contributed by atoms with Crippen LogP contribution in [0.25, 0.3) is 0 Å². The van der Waals surface area contributed by atoms with E-state index in [0.717, 1.165) is 36.4 Å². The van der Waals surface area contributed by atoms with Gasteiger partial charge in [-0.05, 0) is 55.2 Å². The van der Waals surface area contributed by atoms with E-state index < -0.39 is 0 Å². The van der Waals surface area contributed by atoms with Crippen LogP contribution >= 0.6 is 0 Å². The van der Waals surface area contributed by atoms with Crippen molar-refractivity contribution in [3.05, 3.63) is 54.4 Å². The van der Waals surface area contributed by atoms with Gasteiger partial charge in [0.1, 0.15) is 12.4 Å². The van der Waals surface area contributed by atoms with Gasteiger partial charge < -0.3 is 14.8 Å². The van der Waals surface area contributed by atoms with Gasteiger partial charge in [0.15, 0.2) is 0 Å². The second kappa shape index (κ2) is 8.45. The molecule has 2 aromatic rings. The Morgan fingerprint density at radius 2 is 2.12 bits per heavy atom. The van der Waals surface area contributed by atoms with E-state index in [2.05, 4.69) is 10.3 Å². The van der Waals surface area contributed by atoms with Crippen LogP contribution in [0.1, 0.15) is 24.8 Å². The van der Waals surface area contributed by atoms with E-state index in [-0.39, 0.29) is 12.0 Å². The molecule has 24 heavy (non-hydrogen) atoms. The minimum absolute atomic E-state index is 0.0627. The third-order valence-corrected chi connectivity index (χ3v) is 3.94. The van der Waals surface area contributed by atoms with Crippen molar-refractivity contribution >= 4 is 11.6 Å². The predicted octanol–water partition coefficient (Wildman–Crippen LogP) is 3.21. The summed E-state index contributed by atoms with van der Waals surface area (Å²) in [5.41, 5.74) is 1.65. The van der Waals surface area contributed by atoms with Gasteiger partial charge in [-0.2, -0.15) is 0 Å². The van der Waals surface area contributed by atoms with Crippen molar-refractivity contribution in [1.29, 1.82) is 0 Å². The summed E-state index contributed by atoms with van der Waals surface area (Å²) in [6, 6.07) is 11.1. The highest BCUT2D eigenvalue weighted by Crippen LogP contribution is 2.18. The Kier molecular flexibility index (Phi) is 5.80. The lowest BCUT2D eigenvalue weighted by atomic mass is 10.1. The summed E-state index contributed by atoms with van der Waals surface area (Å²) in [5, 5.41) is 2.88. The van der Waals surface area contributed by atoms with Crippen LogP contribution in [0.4, 0.5) is 5.69 Å². The van der Waals surface area contributed by atoms with E-state index in [0.29, 0.717) is 13.0 Å². The molecule has 1 fully saturated rings. The van der Waals surface area contributed by atoms with Crippen molar-refractivity contribution in [2.24, 2.45) is 0 Å². The normalized spacial score (nSPS) is 17.2. The number of hydrogen-bond donors (Lipinski definition) is 1. The number of anilines is 1. The molecule has 1 aliphatic rings. The molecular formula is C19H22N2O3. The van der Waals surface area contributed by atoms with Crippen LogP contribution in [0.15, 0.2) is 48.8 Å². The molecule has 0 saturated carbocycles. The van der Waals surface area contributed by atoms with Gasteiger partial charge in [-0.3, -0.25) is 9.78 Å². The summed E-state index contributed by atoms with van der Waals surface area (Å²) in [5.74, 6) is 0.724. The number of pyridine rings is 1. The zero-order valence-corrected chi connectivity index (χ0v) is 13.6. The smallest absolute Gasteiger partial charge is 0.228 e. The quantitative estimate of drug-likeness (QED) is 0.885. The van der Waals surface area contributed by atoms with Crippen LogP contribution in [-0.4, -0.2) is 30.2 Å². The van der Waals surface area contributed by atoms with Crippen LogP contribution < -0.4 is 10.1 Å². The van der Waals surface area contributed by atoms with E-state index >= 15 is 0 Å². The van der Waals surface area contributed by atoms with Crippen molar-refractivity contribution in [2.75, 3.05) is 18.5 Å². The van der Waals surface area contributed by atoms with Crippen LogP contribution in [0.5, 0.6) is 5.75 Å². The van der Waals surface area contributed by atoms with Gasteiger partial charge in [0.2, 0.25) is 5.91 Å². The number of ether oxygens (including phenoxy) is 2. The van der Waals surface area contributed by atoms with Crippen molar-refractivity contribution < 1.29 is 14.3 Å². The Labute approximate surface area is 142 Å². The standard InChI is InChI=1S/C19H22N2O3/c22-19(12-15-4-3-10-20-13-15)21-16-6-8-17(9-7-16)24-14-18-5-1-2-11-23-18/h3-4,6-10,13,18H,1-2,5,11-12,14H2,(H,21,22). The first kappa shape index (κ1) is 16.5. The summed E-state index contributed by atoms with van der Waals surface area (Å²) in [4.78, 5) is 16.0. The van der Waals surface area contributed by atoms with E-state index in [1.165, 1.54) is 6.42 Å². The number of carbonyl (C=O) groups excluding carboxylic acids is 1. The molecule has 5 nitrogen and oxygen atoms in total. The Balaban J connectivity index is 1.46. The molecule has 0 aliphatic carbocycles. The Morgan fingerprint density at radius 3 is 2.83 bits per heavy atom. The van der Waals surface area contributed by atoms with Gasteiger partial charge >= 0.3 is 0 Å². The Bertz CT molecular complexity index is 637. The zero-order chi connectivity index (χ0) is 16.6. The largest absolute Gasteiger partial charge is 0.491 e. The number of carbonyl (C=O) groups is 1. The van der Waals surface area contributed by atoms with Gasteiger partial charge in [0, 0.05) is 24.7 Å². The van der Waals surface area contributed by atoms with Gasteiger partial charge in [-0.1, -0.05) is 6.07 Å². The van der Waals surface area contributed by atoms with Gasteiger partial charge in [0.25, 0.3) is 0 Å². The predicted molar refractivity (Wildman–Crippen MR) is 92.1 cm³/mol. The molecule has 1 aliphatic heterocycles. The second-order valence-electron chi connectivity index (χ2n) is 5.91. The second-order valence-corrected chi connectivity index (χ2v) is 5.91. The molecule has 1 N–H and O–H groups in total. The van der Waals surface area contributed by atoms with Gasteiger partial charge in [0.05, 0.1) is 12.5 Å². The lowest BCUT2D eigenvalue weighted by Crippen LogP contribution is -2.25. The fourth-order valence-electron chi connectivity index (χ4n) is 2.66. The van der Waals surface area contributed by atoms with E-state index in [4.69, 9.17) is 9.47 Å². The molecule has 126 valence electrons. The molecule has 3 rings (SSSR count). The fourth-order valence-corrected chi connectivity index (χ4v) is 2.66. The lowest BCUT2D eigenvalue weighted by molar-refractivity contribution is -0.115. The maximum atomic E-state index is 12.0. The molecular weight excluding hydrogens is 304 g/mol. The minimum Gasteiger partial charge on any atom is -0.491 e. The summed E-state index contributed by atoms with van der Waals surface area (Å²) < 4.78 is 11.4. The number of nitrogens with zero attached hydrogens (tertiary/aromatic N) is 1. The number of benzene rings is 1. The van der Waals surface area contributed by atoms with Crippen molar-refractivity contribution in [1.82, 2.24) is 4.98 Å². The van der Waals surface area contributed by atoms with Crippen LogP contribution in [0, 0.1) is 0 Å². The molecule has 0 radical (unpaired) electrons. The molecule has 0 bridgehead atoms. The molecule has 0 spiro atoms. The first-order valence-electron chi connectivity index (χ1n) is 8.33. The van der Waals surface area contributed by atoms with Crippen molar-refractivity contribution in [2.45, 2.75) is 31.8 Å². The first-order valence-corrected chi connectivity index (χ1v) is 8.33. The molecule has 1 amide bonds. The first-order chi connectivity index (χ1) is 11.8. The molecule has 5 heteroatoms. The average Bonchev–Trinajstić information content (AvgIpc) is 2.63. The van der Waals surface area contributed by atoms with E-state index in [1.54, 1.807) is 12.4 Å². The van der Waals surface area contributed by atoms with Crippen molar-refractivity contribution in [3.63, 3.8) is 0 Å². The minimum atomic E-state index is -0.0627. The Hall–Kier alpha value is -2.40. The van der Waals surface area contributed by atoms with Crippen LogP contribution in [-0.2, 0) is 16.0 Å². The molecule has 1 saturated heterocycles. The third-order valence-electron chi connectivity index (χ3n) is 3.94. The summed E-state index contributed by atoms with van der Waals surface area (Å²) >= 11 is 0. The third kappa shape index (κ3) is 5.06. The fraction of sp³-hybridized carbons (Fsp3) is 0.368. The molecule has 1 aromatic heterocycles. The average molecular weight is 326 g/mol. The number of amides is 1. The van der Waals surface area contributed by atoms with Crippen LogP contribution in [0.2, 0.25) is 0 Å². The summed E-state index contributed by atoms with van der Waals surface area (Å²) in [7, 11) is 0. The molecule has 1 unspecified atom stereocenters. The van der Waals surface area contributed by atoms with Crippen LogP contribution in [0.3, 0.4) is 0 Å². The lowest BCUT2D eigenvalue weighted by Gasteiger charge is -2.22. The number of hydrogen-bond acceptors (Lipinski definition) is 4. The highest BCUT2D eigenvalue weighted by Gasteiger charge is 2.14. The Morgan fingerprint density at radius 1 is 1.25 bits per heavy atom. The SMILES string of the molecule is O=C(Cc1cccnc1)Nc1ccc(OCC2CCCCO2)cc1. The molecule has 1 aromatic carbocycles. The maximum Gasteiger partial charge on any atom is 0.228 e. The number of rotatable bonds is 6. The summed E-state index contributed by atoms with van der Waals surface area (Å²) in [6.07, 6.45) is 7.30. The summed E-state index contributed by atoms with van der Waals surface area (Å²) in [6.45, 7) is 1.41. The molecule has 1 atom stereocenters.